The number of ether oxygens (including phenoxy) is 4. The maximum Gasteiger partial charge on any atom is 0.227 e. The van der Waals surface area contributed by atoms with E-state index in [4.69, 9.17) is 36.1 Å². The molecule has 158 valence electrons. The van der Waals surface area contributed by atoms with Crippen LogP contribution >= 0.6 is 0 Å². The van der Waals surface area contributed by atoms with Crippen molar-refractivity contribution < 1.29 is 18.9 Å². The fourth-order valence-corrected chi connectivity index (χ4v) is 3.84. The molecule has 4 rings (SSSR count). The SMILES string of the molecule is COc1cc([C@H]2c3ccc(N)cc3Oc3nc(N)c(C#N)c(N)c32)cc(OC)c1OC. The van der Waals surface area contributed by atoms with Crippen molar-refractivity contribution in [2.75, 3.05) is 38.5 Å². The van der Waals surface area contributed by atoms with Gasteiger partial charge >= 0.3 is 0 Å². The van der Waals surface area contributed by atoms with Crippen molar-refractivity contribution in [1.29, 1.82) is 5.26 Å². The topological polar surface area (TPSA) is 152 Å². The van der Waals surface area contributed by atoms with Crippen molar-refractivity contribution in [2.45, 2.75) is 5.92 Å². The molecule has 0 aliphatic carbocycles. The summed E-state index contributed by atoms with van der Waals surface area (Å²) in [6, 6.07) is 11.0. The van der Waals surface area contributed by atoms with E-state index in [2.05, 4.69) is 4.98 Å². The Kier molecular flexibility index (Phi) is 4.83. The molecule has 0 spiro atoms. The summed E-state index contributed by atoms with van der Waals surface area (Å²) in [5.74, 6) is 1.68. The third kappa shape index (κ3) is 3.05. The number of nitrogens with two attached hydrogens (primary N) is 3. The second-order valence-corrected chi connectivity index (χ2v) is 6.91. The lowest BCUT2D eigenvalue weighted by molar-refractivity contribution is 0.323. The van der Waals surface area contributed by atoms with Gasteiger partial charge < -0.3 is 36.1 Å². The largest absolute Gasteiger partial charge is 0.493 e. The number of anilines is 3. The average Bonchev–Trinajstić information content (AvgIpc) is 2.76. The minimum absolute atomic E-state index is 0.00487. The van der Waals surface area contributed by atoms with Crippen molar-refractivity contribution in [3.05, 3.63) is 52.6 Å². The van der Waals surface area contributed by atoms with Gasteiger partial charge in [-0.3, -0.25) is 0 Å². The number of nitriles is 1. The summed E-state index contributed by atoms with van der Waals surface area (Å²) >= 11 is 0. The first-order valence-corrected chi connectivity index (χ1v) is 9.29. The first-order valence-electron chi connectivity index (χ1n) is 9.29. The van der Waals surface area contributed by atoms with Gasteiger partial charge in [-0.1, -0.05) is 6.07 Å². The Balaban J connectivity index is 2.06. The van der Waals surface area contributed by atoms with Gasteiger partial charge in [0.05, 0.1) is 32.6 Å². The molecule has 0 fully saturated rings. The summed E-state index contributed by atoms with van der Waals surface area (Å²) in [6.07, 6.45) is 0. The van der Waals surface area contributed by atoms with E-state index in [0.717, 1.165) is 11.1 Å². The predicted molar refractivity (Wildman–Crippen MR) is 116 cm³/mol. The molecule has 9 heteroatoms. The lowest BCUT2D eigenvalue weighted by Gasteiger charge is -2.30. The van der Waals surface area contributed by atoms with Gasteiger partial charge in [0, 0.05) is 23.2 Å². The third-order valence-corrected chi connectivity index (χ3v) is 5.24. The van der Waals surface area contributed by atoms with Crippen LogP contribution in [0.1, 0.15) is 28.2 Å². The standard InChI is InChI=1S/C22H21N5O4/c1-28-15-6-10(7-16(29-2)20(15)30-3)17-12-5-4-11(24)8-14(12)31-22-18(17)19(25)13(9-23)21(26)27-22/h4-8,17H,24H2,1-3H3,(H4,25,26,27)/t17-/m0/s1. The summed E-state index contributed by atoms with van der Waals surface area (Å²) in [5, 5.41) is 9.56. The van der Waals surface area contributed by atoms with Crippen LogP contribution in [0.25, 0.3) is 0 Å². The van der Waals surface area contributed by atoms with Gasteiger partial charge in [0.25, 0.3) is 0 Å². The van der Waals surface area contributed by atoms with Crippen molar-refractivity contribution in [3.63, 3.8) is 0 Å². The summed E-state index contributed by atoms with van der Waals surface area (Å²) < 4.78 is 22.5. The van der Waals surface area contributed by atoms with E-state index >= 15 is 0 Å². The Morgan fingerprint density at radius 3 is 2.26 bits per heavy atom. The van der Waals surface area contributed by atoms with E-state index in [-0.39, 0.29) is 22.9 Å². The number of aromatic nitrogens is 1. The number of hydrogen-bond acceptors (Lipinski definition) is 9. The van der Waals surface area contributed by atoms with Crippen molar-refractivity contribution in [2.24, 2.45) is 0 Å². The van der Waals surface area contributed by atoms with E-state index in [9.17, 15) is 5.26 Å². The minimum atomic E-state index is -0.451. The van der Waals surface area contributed by atoms with Crippen LogP contribution in [0.5, 0.6) is 28.9 Å². The van der Waals surface area contributed by atoms with Crippen LogP contribution in [0.3, 0.4) is 0 Å². The molecule has 0 saturated carbocycles. The van der Waals surface area contributed by atoms with Crippen LogP contribution in [-0.2, 0) is 0 Å². The van der Waals surface area contributed by atoms with E-state index in [1.165, 1.54) is 21.3 Å². The van der Waals surface area contributed by atoms with Gasteiger partial charge in [-0.05, 0) is 23.8 Å². The molecule has 6 N–H and O–H groups in total. The molecule has 1 aliphatic heterocycles. The second kappa shape index (κ2) is 7.50. The Morgan fingerprint density at radius 2 is 1.68 bits per heavy atom. The second-order valence-electron chi connectivity index (χ2n) is 6.91. The predicted octanol–water partition coefficient (Wildman–Crippen LogP) is 3.01. The monoisotopic (exact) mass is 419 g/mol. The van der Waals surface area contributed by atoms with Gasteiger partial charge in [-0.25, -0.2) is 0 Å². The maximum absolute atomic E-state index is 9.56. The highest BCUT2D eigenvalue weighted by Crippen LogP contribution is 2.52. The van der Waals surface area contributed by atoms with Crippen molar-refractivity contribution >= 4 is 17.2 Å². The molecule has 3 aromatic rings. The molecule has 31 heavy (non-hydrogen) atoms. The van der Waals surface area contributed by atoms with E-state index in [1.54, 1.807) is 12.1 Å². The maximum atomic E-state index is 9.56. The zero-order valence-electron chi connectivity index (χ0n) is 17.2. The summed E-state index contributed by atoms with van der Waals surface area (Å²) in [5.41, 5.74) is 21.2. The number of fused-ring (bicyclic) bond motifs is 2. The Hall–Kier alpha value is -4.32. The van der Waals surface area contributed by atoms with Crippen LogP contribution in [0.2, 0.25) is 0 Å². The van der Waals surface area contributed by atoms with Gasteiger partial charge in [0.15, 0.2) is 11.5 Å². The number of nitrogen functional groups attached to an aromatic ring is 3. The van der Waals surface area contributed by atoms with Crippen LogP contribution in [0.4, 0.5) is 17.2 Å². The van der Waals surface area contributed by atoms with Gasteiger partial charge in [0.2, 0.25) is 11.6 Å². The Labute approximate surface area is 178 Å². The normalized spacial score (nSPS) is 13.9. The van der Waals surface area contributed by atoms with Crippen molar-refractivity contribution in [3.8, 4) is 34.9 Å². The molecular formula is C22H21N5O4. The average molecular weight is 419 g/mol. The molecule has 1 atom stereocenters. The lowest BCUT2D eigenvalue weighted by Crippen LogP contribution is -2.17. The molecule has 1 aliphatic rings. The van der Waals surface area contributed by atoms with E-state index in [0.29, 0.717) is 34.2 Å². The third-order valence-electron chi connectivity index (χ3n) is 5.24. The molecule has 0 unspecified atom stereocenters. The van der Waals surface area contributed by atoms with Gasteiger partial charge in [-0.2, -0.15) is 10.2 Å². The van der Waals surface area contributed by atoms with E-state index in [1.807, 2.05) is 24.3 Å². The highest BCUT2D eigenvalue weighted by molar-refractivity contribution is 5.76. The molecule has 2 aromatic carbocycles. The Bertz CT molecular complexity index is 1210. The lowest BCUT2D eigenvalue weighted by atomic mass is 9.81. The van der Waals surface area contributed by atoms with Crippen molar-refractivity contribution in [1.82, 2.24) is 4.98 Å². The molecule has 0 amide bonds. The smallest absolute Gasteiger partial charge is 0.227 e. The quantitative estimate of drug-likeness (QED) is 0.424. The number of benzene rings is 2. The number of hydrogen-bond donors (Lipinski definition) is 3. The number of methoxy groups -OCH3 is 3. The highest BCUT2D eigenvalue weighted by atomic mass is 16.5. The highest BCUT2D eigenvalue weighted by Gasteiger charge is 2.35. The summed E-state index contributed by atoms with van der Waals surface area (Å²) in [6.45, 7) is 0. The van der Waals surface area contributed by atoms with Crippen LogP contribution in [-0.4, -0.2) is 26.3 Å². The fraction of sp³-hybridized carbons (Fsp3) is 0.182. The van der Waals surface area contributed by atoms with Gasteiger partial charge in [0.1, 0.15) is 23.2 Å². The first kappa shape index (κ1) is 20.0. The van der Waals surface area contributed by atoms with E-state index < -0.39 is 5.92 Å². The molecule has 1 aromatic heterocycles. The molecule has 0 bridgehead atoms. The molecule has 0 saturated heterocycles. The zero-order chi connectivity index (χ0) is 22.3. The minimum Gasteiger partial charge on any atom is -0.493 e. The van der Waals surface area contributed by atoms with Crippen LogP contribution < -0.4 is 36.1 Å². The zero-order valence-corrected chi connectivity index (χ0v) is 17.2. The molecule has 0 radical (unpaired) electrons. The van der Waals surface area contributed by atoms with Crippen LogP contribution in [0, 0.1) is 11.3 Å². The Morgan fingerprint density at radius 1 is 1.00 bits per heavy atom. The molecule has 9 nitrogen and oxygen atoms in total. The number of pyridine rings is 1. The number of rotatable bonds is 4. The first-order chi connectivity index (χ1) is 14.9. The number of nitrogens with zero attached hydrogens (tertiary/aromatic N) is 2. The fourth-order valence-electron chi connectivity index (χ4n) is 3.84. The van der Waals surface area contributed by atoms with Gasteiger partial charge in [-0.15, -0.1) is 0 Å². The summed E-state index contributed by atoms with van der Waals surface area (Å²) in [4.78, 5) is 4.29. The van der Waals surface area contributed by atoms with Crippen LogP contribution in [0.15, 0.2) is 30.3 Å². The molecule has 2 heterocycles. The summed E-state index contributed by atoms with van der Waals surface area (Å²) in [7, 11) is 4.61. The molecular weight excluding hydrogens is 398 g/mol.